The molecule has 2 amide bonds. The standard InChI is InChI=1S/C14H26N2O4/c1-13(19-8-9-20-13)6-7-15-12(17)16-10-14(11-18-2)4-3-5-14/h3-11H2,1-2H3,(H2,15,16,17). The predicted molar refractivity (Wildman–Crippen MR) is 74.5 cm³/mol. The van der Waals surface area contributed by atoms with E-state index in [1.54, 1.807) is 7.11 Å². The zero-order valence-electron chi connectivity index (χ0n) is 12.5. The molecule has 1 heterocycles. The summed E-state index contributed by atoms with van der Waals surface area (Å²) >= 11 is 0. The van der Waals surface area contributed by atoms with Crippen LogP contribution in [0.25, 0.3) is 0 Å². The van der Waals surface area contributed by atoms with Gasteiger partial charge in [0.2, 0.25) is 0 Å². The lowest BCUT2D eigenvalue weighted by atomic mass is 9.69. The van der Waals surface area contributed by atoms with Crippen molar-refractivity contribution in [3.8, 4) is 0 Å². The van der Waals surface area contributed by atoms with Gasteiger partial charge in [-0.25, -0.2) is 4.79 Å². The number of nitrogens with one attached hydrogen (secondary N) is 2. The third-order valence-corrected chi connectivity index (χ3v) is 4.25. The molecule has 6 heteroatoms. The van der Waals surface area contributed by atoms with Gasteiger partial charge in [0, 0.05) is 32.0 Å². The molecule has 2 N–H and O–H groups in total. The van der Waals surface area contributed by atoms with Crippen LogP contribution in [0.5, 0.6) is 0 Å². The van der Waals surface area contributed by atoms with E-state index in [2.05, 4.69) is 10.6 Å². The lowest BCUT2D eigenvalue weighted by Gasteiger charge is -2.41. The SMILES string of the molecule is COCC1(CNC(=O)NCCC2(C)OCCO2)CCC1. The number of methoxy groups -OCH3 is 1. The van der Waals surface area contributed by atoms with Gasteiger partial charge in [0.15, 0.2) is 5.79 Å². The minimum absolute atomic E-state index is 0.131. The van der Waals surface area contributed by atoms with Gasteiger partial charge in [-0.05, 0) is 19.8 Å². The molecule has 2 rings (SSSR count). The summed E-state index contributed by atoms with van der Waals surface area (Å²) in [5.41, 5.74) is 0.149. The fourth-order valence-corrected chi connectivity index (χ4v) is 2.79. The predicted octanol–water partition coefficient (Wildman–Crippen LogP) is 1.26. The second kappa shape index (κ2) is 6.74. The van der Waals surface area contributed by atoms with Crippen LogP contribution in [0.15, 0.2) is 0 Å². The summed E-state index contributed by atoms with van der Waals surface area (Å²) in [6, 6.07) is -0.131. The molecule has 0 radical (unpaired) electrons. The van der Waals surface area contributed by atoms with Crippen molar-refractivity contribution in [2.24, 2.45) is 5.41 Å². The van der Waals surface area contributed by atoms with Crippen molar-refractivity contribution in [3.05, 3.63) is 0 Å². The van der Waals surface area contributed by atoms with E-state index in [-0.39, 0.29) is 11.4 Å². The fraction of sp³-hybridized carbons (Fsp3) is 0.929. The van der Waals surface area contributed by atoms with Crippen molar-refractivity contribution in [3.63, 3.8) is 0 Å². The Morgan fingerprint density at radius 3 is 2.50 bits per heavy atom. The van der Waals surface area contributed by atoms with Gasteiger partial charge in [0.05, 0.1) is 19.8 Å². The summed E-state index contributed by atoms with van der Waals surface area (Å²) in [5.74, 6) is -0.543. The number of ether oxygens (including phenoxy) is 3. The monoisotopic (exact) mass is 286 g/mol. The van der Waals surface area contributed by atoms with Crippen LogP contribution in [-0.4, -0.2) is 51.8 Å². The van der Waals surface area contributed by atoms with E-state index in [4.69, 9.17) is 14.2 Å². The van der Waals surface area contributed by atoms with Gasteiger partial charge in [-0.1, -0.05) is 6.42 Å². The topological polar surface area (TPSA) is 68.8 Å². The van der Waals surface area contributed by atoms with Crippen molar-refractivity contribution in [1.82, 2.24) is 10.6 Å². The van der Waals surface area contributed by atoms with Crippen molar-refractivity contribution in [2.45, 2.75) is 38.4 Å². The number of hydrogen-bond acceptors (Lipinski definition) is 4. The molecule has 1 aliphatic carbocycles. The quantitative estimate of drug-likeness (QED) is 0.739. The van der Waals surface area contributed by atoms with Gasteiger partial charge < -0.3 is 24.8 Å². The first-order valence-electron chi connectivity index (χ1n) is 7.36. The Hall–Kier alpha value is -0.850. The van der Waals surface area contributed by atoms with E-state index in [0.717, 1.165) is 12.8 Å². The third kappa shape index (κ3) is 4.07. The summed E-state index contributed by atoms with van der Waals surface area (Å²) in [6.45, 7) is 5.09. The van der Waals surface area contributed by atoms with E-state index in [1.807, 2.05) is 6.92 Å². The van der Waals surface area contributed by atoms with E-state index >= 15 is 0 Å². The van der Waals surface area contributed by atoms with E-state index in [9.17, 15) is 4.79 Å². The second-order valence-electron chi connectivity index (χ2n) is 5.98. The molecule has 116 valence electrons. The molecular formula is C14H26N2O4. The molecule has 20 heavy (non-hydrogen) atoms. The Balaban J connectivity index is 1.60. The van der Waals surface area contributed by atoms with Crippen LogP contribution in [0.1, 0.15) is 32.6 Å². The number of amides is 2. The largest absolute Gasteiger partial charge is 0.384 e. The number of carbonyl (C=O) groups is 1. The molecule has 0 aromatic rings. The van der Waals surface area contributed by atoms with Crippen molar-refractivity contribution < 1.29 is 19.0 Å². The van der Waals surface area contributed by atoms with Crippen molar-refractivity contribution in [2.75, 3.05) is 40.0 Å². The van der Waals surface area contributed by atoms with Crippen molar-refractivity contribution in [1.29, 1.82) is 0 Å². The molecule has 0 atom stereocenters. The summed E-state index contributed by atoms with van der Waals surface area (Å²) < 4.78 is 16.2. The lowest BCUT2D eigenvalue weighted by molar-refractivity contribution is -0.145. The molecule has 2 aliphatic rings. The van der Waals surface area contributed by atoms with Crippen LogP contribution >= 0.6 is 0 Å². The van der Waals surface area contributed by atoms with E-state index in [0.29, 0.717) is 39.3 Å². The zero-order chi connectivity index (χ0) is 14.5. The first kappa shape index (κ1) is 15.5. The van der Waals surface area contributed by atoms with Gasteiger partial charge in [-0.2, -0.15) is 0 Å². The Labute approximate surface area is 120 Å². The Kier molecular flexibility index (Phi) is 5.23. The number of urea groups is 1. The van der Waals surface area contributed by atoms with Crippen LogP contribution in [0, 0.1) is 5.41 Å². The molecular weight excluding hydrogens is 260 g/mol. The Morgan fingerprint density at radius 1 is 1.25 bits per heavy atom. The molecule has 0 spiro atoms. The first-order valence-corrected chi connectivity index (χ1v) is 7.36. The third-order valence-electron chi connectivity index (χ3n) is 4.25. The van der Waals surface area contributed by atoms with E-state index < -0.39 is 5.79 Å². The van der Waals surface area contributed by atoms with Gasteiger partial charge in [-0.3, -0.25) is 0 Å². The minimum atomic E-state index is -0.543. The Bertz CT molecular complexity index is 325. The first-order chi connectivity index (χ1) is 9.58. The molecule has 1 saturated carbocycles. The average Bonchev–Trinajstić information content (AvgIpc) is 2.79. The van der Waals surface area contributed by atoms with Crippen LogP contribution in [0.2, 0.25) is 0 Å². The highest BCUT2D eigenvalue weighted by Crippen LogP contribution is 2.40. The number of carbonyl (C=O) groups excluding carboxylic acids is 1. The van der Waals surface area contributed by atoms with Crippen LogP contribution < -0.4 is 10.6 Å². The van der Waals surface area contributed by atoms with Crippen LogP contribution in [0.4, 0.5) is 4.79 Å². The van der Waals surface area contributed by atoms with Crippen LogP contribution in [-0.2, 0) is 14.2 Å². The molecule has 0 bridgehead atoms. The van der Waals surface area contributed by atoms with Gasteiger partial charge >= 0.3 is 6.03 Å². The number of rotatable bonds is 7. The van der Waals surface area contributed by atoms with Gasteiger partial charge in [-0.15, -0.1) is 0 Å². The summed E-state index contributed by atoms with van der Waals surface area (Å²) in [7, 11) is 1.71. The minimum Gasteiger partial charge on any atom is -0.384 e. The molecule has 6 nitrogen and oxygen atoms in total. The average molecular weight is 286 g/mol. The molecule has 0 aromatic carbocycles. The summed E-state index contributed by atoms with van der Waals surface area (Å²) in [6.07, 6.45) is 4.13. The molecule has 2 fully saturated rings. The highest BCUT2D eigenvalue weighted by Gasteiger charge is 2.37. The van der Waals surface area contributed by atoms with Crippen LogP contribution in [0.3, 0.4) is 0 Å². The van der Waals surface area contributed by atoms with E-state index in [1.165, 1.54) is 6.42 Å². The summed E-state index contributed by atoms with van der Waals surface area (Å²) in [4.78, 5) is 11.8. The molecule has 1 saturated heterocycles. The lowest BCUT2D eigenvalue weighted by Crippen LogP contribution is -2.48. The molecule has 0 aromatic heterocycles. The van der Waals surface area contributed by atoms with Crippen molar-refractivity contribution >= 4 is 6.03 Å². The fourth-order valence-electron chi connectivity index (χ4n) is 2.79. The van der Waals surface area contributed by atoms with Gasteiger partial charge in [0.25, 0.3) is 0 Å². The smallest absolute Gasteiger partial charge is 0.314 e. The normalized spacial score (nSPS) is 23.1. The maximum Gasteiger partial charge on any atom is 0.314 e. The maximum absolute atomic E-state index is 11.8. The van der Waals surface area contributed by atoms with Gasteiger partial charge in [0.1, 0.15) is 0 Å². The summed E-state index contributed by atoms with van der Waals surface area (Å²) in [5, 5.41) is 5.78. The highest BCUT2D eigenvalue weighted by molar-refractivity contribution is 5.73. The maximum atomic E-state index is 11.8. The molecule has 0 unspecified atom stereocenters. The second-order valence-corrected chi connectivity index (χ2v) is 5.98. The zero-order valence-corrected chi connectivity index (χ0v) is 12.5. The molecule has 1 aliphatic heterocycles. The highest BCUT2D eigenvalue weighted by atomic mass is 16.7. The Morgan fingerprint density at radius 2 is 1.95 bits per heavy atom. The number of hydrogen-bond donors (Lipinski definition) is 2.